The number of nitrogens with zero attached hydrogens (tertiary/aromatic N) is 1. The molecule has 2 rings (SSSR count). The molecule has 4 nitrogen and oxygen atoms in total. The lowest BCUT2D eigenvalue weighted by Crippen LogP contribution is -2.35. The van der Waals surface area contributed by atoms with Crippen molar-refractivity contribution in [2.75, 3.05) is 13.2 Å². The molecule has 5 heteroatoms. The summed E-state index contributed by atoms with van der Waals surface area (Å²) in [6.07, 6.45) is 4.30. The van der Waals surface area contributed by atoms with E-state index in [1.807, 2.05) is 13.8 Å². The zero-order chi connectivity index (χ0) is 12.3. The van der Waals surface area contributed by atoms with Crippen LogP contribution in [0.5, 0.6) is 0 Å². The highest BCUT2D eigenvalue weighted by atomic mass is 32.2. The lowest BCUT2D eigenvalue weighted by atomic mass is 9.93. The Morgan fingerprint density at radius 3 is 2.47 bits per heavy atom. The second-order valence-corrected chi connectivity index (χ2v) is 6.30. The molecule has 0 radical (unpaired) electrons. The Morgan fingerprint density at radius 1 is 1.35 bits per heavy atom. The van der Waals surface area contributed by atoms with Gasteiger partial charge in [-0.25, -0.2) is 0 Å². The maximum Gasteiger partial charge on any atom is 0.169 e. The molecule has 2 aliphatic rings. The summed E-state index contributed by atoms with van der Waals surface area (Å²) < 4.78 is 27.5. The van der Waals surface area contributed by atoms with Crippen molar-refractivity contribution in [3.05, 3.63) is 0 Å². The lowest BCUT2D eigenvalue weighted by molar-refractivity contribution is -0.167. The molecule has 2 atom stereocenters. The topological polar surface area (TPSA) is 53.9 Å². The Bertz CT molecular complexity index is 277. The van der Waals surface area contributed by atoms with Crippen molar-refractivity contribution < 1.29 is 14.0 Å². The first kappa shape index (κ1) is 13.3. The molecule has 17 heavy (non-hydrogen) atoms. The molecule has 0 bridgehead atoms. The standard InChI is InChI=1S/C12H21NO3S/c1-3-10(2)17(14)13-11-4-6-12(7-5-11)15-8-9-16-12/h10H,3-9H2,1-2H3. The first-order chi connectivity index (χ1) is 8.15. The molecule has 1 saturated carbocycles. The average Bonchev–Trinajstić information content (AvgIpc) is 2.80. The molecule has 2 fully saturated rings. The van der Waals surface area contributed by atoms with Gasteiger partial charge in [-0.2, -0.15) is 0 Å². The van der Waals surface area contributed by atoms with Crippen LogP contribution in [-0.4, -0.2) is 34.5 Å². The van der Waals surface area contributed by atoms with E-state index in [2.05, 4.69) is 4.40 Å². The van der Waals surface area contributed by atoms with Gasteiger partial charge < -0.3 is 14.0 Å². The maximum atomic E-state index is 11.8. The minimum Gasteiger partial charge on any atom is -0.591 e. The van der Waals surface area contributed by atoms with Crippen LogP contribution >= 0.6 is 0 Å². The third-order valence-electron chi connectivity index (χ3n) is 3.54. The highest BCUT2D eigenvalue weighted by Gasteiger charge is 2.39. The molecule has 1 spiro atoms. The van der Waals surface area contributed by atoms with Crippen LogP contribution in [-0.2, 0) is 20.8 Å². The Hall–Kier alpha value is -0.100. The molecular formula is C12H21NO3S. The number of hydrogen-bond acceptors (Lipinski definition) is 4. The molecule has 0 aromatic carbocycles. The minimum absolute atomic E-state index is 0.150. The van der Waals surface area contributed by atoms with Crippen LogP contribution in [0.1, 0.15) is 46.0 Å². The van der Waals surface area contributed by atoms with E-state index in [4.69, 9.17) is 9.47 Å². The highest BCUT2D eigenvalue weighted by Crippen LogP contribution is 2.34. The number of rotatable bonds is 3. The Morgan fingerprint density at radius 2 is 1.94 bits per heavy atom. The van der Waals surface area contributed by atoms with E-state index in [0.29, 0.717) is 13.2 Å². The van der Waals surface area contributed by atoms with Crippen LogP contribution in [0.4, 0.5) is 0 Å². The fourth-order valence-electron chi connectivity index (χ4n) is 2.16. The predicted molar refractivity (Wildman–Crippen MR) is 68.4 cm³/mol. The van der Waals surface area contributed by atoms with Gasteiger partial charge in [-0.15, -0.1) is 0 Å². The molecule has 0 aromatic rings. The molecule has 0 aromatic heterocycles. The van der Waals surface area contributed by atoms with Gasteiger partial charge >= 0.3 is 0 Å². The summed E-state index contributed by atoms with van der Waals surface area (Å²) in [7, 11) is 0. The minimum atomic E-state index is -1.07. The van der Waals surface area contributed by atoms with E-state index in [9.17, 15) is 4.55 Å². The van der Waals surface area contributed by atoms with E-state index in [-0.39, 0.29) is 11.0 Å². The largest absolute Gasteiger partial charge is 0.591 e. The van der Waals surface area contributed by atoms with E-state index in [1.54, 1.807) is 0 Å². The summed E-state index contributed by atoms with van der Waals surface area (Å²) in [5, 5.41) is 0.150. The fraction of sp³-hybridized carbons (Fsp3) is 0.917. The second-order valence-electron chi connectivity index (χ2n) is 4.76. The van der Waals surface area contributed by atoms with Crippen LogP contribution in [0, 0.1) is 0 Å². The summed E-state index contributed by atoms with van der Waals surface area (Å²) in [5.74, 6) is -0.350. The molecular weight excluding hydrogens is 238 g/mol. The normalized spacial score (nSPS) is 27.1. The van der Waals surface area contributed by atoms with Gasteiger partial charge in [0.2, 0.25) is 0 Å². The molecule has 1 saturated heterocycles. The molecule has 1 aliphatic carbocycles. The summed E-state index contributed by atoms with van der Waals surface area (Å²) in [4.78, 5) is 0. The molecule has 0 amide bonds. The zero-order valence-electron chi connectivity index (χ0n) is 10.6. The maximum absolute atomic E-state index is 11.8. The summed E-state index contributed by atoms with van der Waals surface area (Å²) in [5.41, 5.74) is 1.06. The third-order valence-corrected chi connectivity index (χ3v) is 5.00. The fourth-order valence-corrected chi connectivity index (χ4v) is 3.06. The van der Waals surface area contributed by atoms with Crippen molar-refractivity contribution in [2.45, 2.75) is 57.0 Å². The lowest BCUT2D eigenvalue weighted by Gasteiger charge is -2.31. The number of hydrogen-bond donors (Lipinski definition) is 0. The number of ether oxygens (including phenoxy) is 2. The van der Waals surface area contributed by atoms with Crippen LogP contribution < -0.4 is 0 Å². The van der Waals surface area contributed by atoms with Crippen LogP contribution in [0.15, 0.2) is 4.40 Å². The highest BCUT2D eigenvalue weighted by molar-refractivity contribution is 7.90. The zero-order valence-corrected chi connectivity index (χ0v) is 11.4. The monoisotopic (exact) mass is 259 g/mol. The van der Waals surface area contributed by atoms with Gasteiger partial charge in [0.05, 0.1) is 30.3 Å². The van der Waals surface area contributed by atoms with Crippen LogP contribution in [0.2, 0.25) is 0 Å². The van der Waals surface area contributed by atoms with Crippen molar-refractivity contribution in [3.8, 4) is 0 Å². The average molecular weight is 259 g/mol. The van der Waals surface area contributed by atoms with Crippen molar-refractivity contribution in [1.29, 1.82) is 0 Å². The van der Waals surface area contributed by atoms with Gasteiger partial charge in [-0.1, -0.05) is 11.3 Å². The molecule has 0 N–H and O–H groups in total. The molecule has 2 unspecified atom stereocenters. The van der Waals surface area contributed by atoms with Crippen molar-refractivity contribution >= 4 is 17.1 Å². The Labute approximate surface area is 106 Å². The van der Waals surface area contributed by atoms with E-state index >= 15 is 0 Å². The van der Waals surface area contributed by atoms with Crippen molar-refractivity contribution in [2.24, 2.45) is 4.40 Å². The smallest absolute Gasteiger partial charge is 0.169 e. The SMILES string of the molecule is CCC(C)[S+]([O-])N=C1CCC2(CC1)OCCO2. The Kier molecular flexibility index (Phi) is 4.47. The second kappa shape index (κ2) is 5.69. The predicted octanol–water partition coefficient (Wildman–Crippen LogP) is 2.21. The summed E-state index contributed by atoms with van der Waals surface area (Å²) >= 11 is -1.07. The van der Waals surface area contributed by atoms with E-state index in [0.717, 1.165) is 37.8 Å². The van der Waals surface area contributed by atoms with Crippen LogP contribution in [0.25, 0.3) is 0 Å². The van der Waals surface area contributed by atoms with Gasteiger partial charge in [-0.05, 0) is 26.2 Å². The van der Waals surface area contributed by atoms with Crippen molar-refractivity contribution in [3.63, 3.8) is 0 Å². The van der Waals surface area contributed by atoms with E-state index < -0.39 is 11.4 Å². The third kappa shape index (κ3) is 3.22. The molecule has 1 aliphatic heterocycles. The Balaban J connectivity index is 1.87. The first-order valence-corrected chi connectivity index (χ1v) is 7.57. The quantitative estimate of drug-likeness (QED) is 0.730. The van der Waals surface area contributed by atoms with Gasteiger partial charge in [0.25, 0.3) is 0 Å². The van der Waals surface area contributed by atoms with Gasteiger partial charge in [-0.3, -0.25) is 0 Å². The molecule has 98 valence electrons. The van der Waals surface area contributed by atoms with Crippen LogP contribution in [0.3, 0.4) is 0 Å². The van der Waals surface area contributed by atoms with Gasteiger partial charge in [0, 0.05) is 12.8 Å². The molecule has 1 heterocycles. The van der Waals surface area contributed by atoms with Crippen molar-refractivity contribution in [1.82, 2.24) is 0 Å². The summed E-state index contributed by atoms with van der Waals surface area (Å²) in [6.45, 7) is 5.42. The van der Waals surface area contributed by atoms with E-state index in [1.165, 1.54) is 0 Å². The van der Waals surface area contributed by atoms with Gasteiger partial charge in [0.1, 0.15) is 5.25 Å². The summed E-state index contributed by atoms with van der Waals surface area (Å²) in [6, 6.07) is 0. The van der Waals surface area contributed by atoms with Gasteiger partial charge in [0.15, 0.2) is 5.79 Å². The first-order valence-electron chi connectivity index (χ1n) is 6.40.